The molecule has 0 radical (unpaired) electrons. The lowest BCUT2D eigenvalue weighted by Crippen LogP contribution is -2.71. The van der Waals surface area contributed by atoms with Crippen LogP contribution in [0.25, 0.3) is 0 Å². The number of aryl methyl sites for hydroxylation is 2. The van der Waals surface area contributed by atoms with Crippen molar-refractivity contribution in [2.45, 2.75) is 31.8 Å². The quantitative estimate of drug-likeness (QED) is 0.822. The van der Waals surface area contributed by atoms with Gasteiger partial charge < -0.3 is 4.74 Å². The van der Waals surface area contributed by atoms with Gasteiger partial charge in [0.15, 0.2) is 0 Å². The first-order valence-corrected chi connectivity index (χ1v) is 9.51. The van der Waals surface area contributed by atoms with Gasteiger partial charge in [-0.2, -0.15) is 5.10 Å². The Balaban J connectivity index is 1.32. The van der Waals surface area contributed by atoms with E-state index in [1.54, 1.807) is 6.20 Å². The van der Waals surface area contributed by atoms with Gasteiger partial charge in [0.1, 0.15) is 0 Å². The van der Waals surface area contributed by atoms with E-state index in [1.807, 2.05) is 29.9 Å². The summed E-state index contributed by atoms with van der Waals surface area (Å²) in [6, 6.07) is 8.03. The molecule has 6 heteroatoms. The zero-order valence-electron chi connectivity index (χ0n) is 16.1. The third-order valence-electron chi connectivity index (χ3n) is 5.98. The van der Waals surface area contributed by atoms with Gasteiger partial charge >= 0.3 is 0 Å². The van der Waals surface area contributed by atoms with E-state index in [0.717, 1.165) is 44.4 Å². The van der Waals surface area contributed by atoms with Crippen molar-refractivity contribution in [3.63, 3.8) is 0 Å². The minimum absolute atomic E-state index is 0.310. The first-order chi connectivity index (χ1) is 12.5. The highest BCUT2D eigenvalue weighted by molar-refractivity contribution is 5.13. The van der Waals surface area contributed by atoms with E-state index in [2.05, 4.69) is 39.9 Å². The third kappa shape index (κ3) is 3.48. The second-order valence-corrected chi connectivity index (χ2v) is 8.03. The number of ether oxygens (including phenoxy) is 1. The highest BCUT2D eigenvalue weighted by atomic mass is 16.5. The van der Waals surface area contributed by atoms with E-state index in [9.17, 15) is 0 Å². The monoisotopic (exact) mass is 355 g/mol. The van der Waals surface area contributed by atoms with Gasteiger partial charge in [-0.1, -0.05) is 6.07 Å². The van der Waals surface area contributed by atoms with Gasteiger partial charge in [0, 0.05) is 44.5 Å². The van der Waals surface area contributed by atoms with Crippen molar-refractivity contribution >= 4 is 0 Å². The Hall–Kier alpha value is -1.92. The predicted octanol–water partition coefficient (Wildman–Crippen LogP) is 2.10. The fourth-order valence-electron chi connectivity index (χ4n) is 4.50. The number of piperidine rings is 1. The van der Waals surface area contributed by atoms with Crippen LogP contribution in [0, 0.1) is 12.8 Å². The molecular formula is C20H29N5O. The largest absolute Gasteiger partial charge is 0.477 e. The predicted molar refractivity (Wildman–Crippen MR) is 101 cm³/mol. The Morgan fingerprint density at radius 1 is 1.27 bits per heavy atom. The molecule has 0 aromatic carbocycles. The van der Waals surface area contributed by atoms with Gasteiger partial charge in [-0.25, -0.2) is 4.98 Å². The fraction of sp³-hybridized carbons (Fsp3) is 0.600. The van der Waals surface area contributed by atoms with Crippen LogP contribution in [0.1, 0.15) is 24.2 Å². The van der Waals surface area contributed by atoms with Crippen LogP contribution in [0.2, 0.25) is 0 Å². The van der Waals surface area contributed by atoms with Gasteiger partial charge in [0.25, 0.3) is 0 Å². The standard InChI is InChI=1S/C20H29N5O/c1-16-10-18(24(3)22-16)12-25-14-20(15-25)11-17(7-9-23(20)2)13-26-19-6-4-5-8-21-19/h4-6,8,10,17H,7,9,11-15H2,1-3H3/t17-/m1/s1. The Morgan fingerprint density at radius 2 is 2.12 bits per heavy atom. The summed E-state index contributed by atoms with van der Waals surface area (Å²) in [7, 11) is 4.32. The SMILES string of the molecule is Cc1cc(CN2CC3(C[C@H](COc4ccccn4)CCN3C)C2)n(C)n1. The molecule has 4 rings (SSSR count). The molecule has 0 bridgehead atoms. The molecule has 26 heavy (non-hydrogen) atoms. The van der Waals surface area contributed by atoms with Crippen molar-refractivity contribution in [1.29, 1.82) is 0 Å². The number of rotatable bonds is 5. The van der Waals surface area contributed by atoms with Crippen molar-refractivity contribution in [1.82, 2.24) is 24.6 Å². The molecule has 0 aliphatic carbocycles. The van der Waals surface area contributed by atoms with Gasteiger partial charge in [0.05, 0.1) is 18.0 Å². The van der Waals surface area contributed by atoms with Crippen LogP contribution in [-0.4, -0.2) is 63.4 Å². The molecule has 0 N–H and O–H groups in total. The number of hydrogen-bond donors (Lipinski definition) is 0. The average Bonchev–Trinajstić information content (AvgIpc) is 2.92. The minimum atomic E-state index is 0.310. The van der Waals surface area contributed by atoms with E-state index in [0.29, 0.717) is 11.5 Å². The summed E-state index contributed by atoms with van der Waals surface area (Å²) in [5.41, 5.74) is 2.70. The molecule has 140 valence electrons. The summed E-state index contributed by atoms with van der Waals surface area (Å²) in [6.45, 7) is 7.23. The highest BCUT2D eigenvalue weighted by Crippen LogP contribution is 2.39. The molecule has 4 heterocycles. The first kappa shape index (κ1) is 17.5. The topological polar surface area (TPSA) is 46.4 Å². The molecule has 0 amide bonds. The molecule has 2 aromatic heterocycles. The first-order valence-electron chi connectivity index (χ1n) is 9.51. The zero-order chi connectivity index (χ0) is 18.1. The van der Waals surface area contributed by atoms with Crippen molar-refractivity contribution in [3.05, 3.63) is 41.9 Å². The van der Waals surface area contributed by atoms with Crippen molar-refractivity contribution in [2.75, 3.05) is 33.3 Å². The lowest BCUT2D eigenvalue weighted by Gasteiger charge is -2.58. The maximum Gasteiger partial charge on any atom is 0.213 e. The molecule has 2 aromatic rings. The second kappa shape index (κ2) is 7.00. The summed E-state index contributed by atoms with van der Waals surface area (Å²) < 4.78 is 7.94. The molecule has 0 saturated carbocycles. The van der Waals surface area contributed by atoms with Gasteiger partial charge in [-0.15, -0.1) is 0 Å². The minimum Gasteiger partial charge on any atom is -0.477 e. The number of aromatic nitrogens is 3. The van der Waals surface area contributed by atoms with Crippen molar-refractivity contribution in [2.24, 2.45) is 13.0 Å². The van der Waals surface area contributed by atoms with Gasteiger partial charge in [0.2, 0.25) is 5.88 Å². The molecule has 2 aliphatic rings. The molecule has 1 spiro atoms. The summed E-state index contributed by atoms with van der Waals surface area (Å²) >= 11 is 0. The normalized spacial score (nSPS) is 23.1. The fourth-order valence-corrected chi connectivity index (χ4v) is 4.50. The number of nitrogens with zero attached hydrogens (tertiary/aromatic N) is 5. The Kier molecular flexibility index (Phi) is 4.71. The van der Waals surface area contributed by atoms with Crippen LogP contribution < -0.4 is 4.74 Å². The van der Waals surface area contributed by atoms with Crippen LogP contribution in [-0.2, 0) is 13.6 Å². The zero-order valence-corrected chi connectivity index (χ0v) is 16.1. The van der Waals surface area contributed by atoms with E-state index >= 15 is 0 Å². The van der Waals surface area contributed by atoms with Crippen molar-refractivity contribution < 1.29 is 4.74 Å². The van der Waals surface area contributed by atoms with E-state index in [1.165, 1.54) is 18.5 Å². The Bertz CT molecular complexity index is 738. The number of hydrogen-bond acceptors (Lipinski definition) is 5. The second-order valence-electron chi connectivity index (χ2n) is 8.03. The van der Waals surface area contributed by atoms with Crippen LogP contribution >= 0.6 is 0 Å². The van der Waals surface area contributed by atoms with Gasteiger partial charge in [-0.3, -0.25) is 14.5 Å². The Morgan fingerprint density at radius 3 is 2.81 bits per heavy atom. The summed E-state index contributed by atoms with van der Waals surface area (Å²) in [6.07, 6.45) is 4.19. The maximum atomic E-state index is 5.93. The lowest BCUT2D eigenvalue weighted by atomic mass is 9.75. The molecular weight excluding hydrogens is 326 g/mol. The average molecular weight is 355 g/mol. The molecule has 2 fully saturated rings. The summed E-state index contributed by atoms with van der Waals surface area (Å²) in [5.74, 6) is 1.34. The summed E-state index contributed by atoms with van der Waals surface area (Å²) in [5, 5.41) is 4.46. The van der Waals surface area contributed by atoms with E-state index in [4.69, 9.17) is 4.74 Å². The highest BCUT2D eigenvalue weighted by Gasteiger charge is 2.49. The molecule has 2 saturated heterocycles. The smallest absolute Gasteiger partial charge is 0.213 e. The van der Waals surface area contributed by atoms with Crippen LogP contribution in [0.5, 0.6) is 5.88 Å². The number of likely N-dealkylation sites (tertiary alicyclic amines) is 2. The number of likely N-dealkylation sites (N-methyl/N-ethyl adjacent to an activating group) is 1. The van der Waals surface area contributed by atoms with Gasteiger partial charge in [-0.05, 0) is 51.4 Å². The van der Waals surface area contributed by atoms with Crippen LogP contribution in [0.4, 0.5) is 0 Å². The van der Waals surface area contributed by atoms with E-state index < -0.39 is 0 Å². The van der Waals surface area contributed by atoms with Crippen molar-refractivity contribution in [3.8, 4) is 5.88 Å². The van der Waals surface area contributed by atoms with E-state index in [-0.39, 0.29) is 0 Å². The van der Waals surface area contributed by atoms with Crippen LogP contribution in [0.3, 0.4) is 0 Å². The summed E-state index contributed by atoms with van der Waals surface area (Å²) in [4.78, 5) is 9.37. The maximum absolute atomic E-state index is 5.93. The molecule has 1 atom stereocenters. The molecule has 2 aliphatic heterocycles. The van der Waals surface area contributed by atoms with Crippen LogP contribution in [0.15, 0.2) is 30.5 Å². The molecule has 6 nitrogen and oxygen atoms in total. The number of pyridine rings is 1. The Labute approximate surface area is 155 Å². The third-order valence-corrected chi connectivity index (χ3v) is 5.98. The molecule has 0 unspecified atom stereocenters. The lowest BCUT2D eigenvalue weighted by molar-refractivity contribution is -0.0881.